The zero-order valence-electron chi connectivity index (χ0n) is 14.1. The molecule has 1 atom stereocenters. The summed E-state index contributed by atoms with van der Waals surface area (Å²) in [5.74, 6) is 1.03. The number of carbonyl (C=O) groups is 1. The predicted octanol–water partition coefficient (Wildman–Crippen LogP) is 2.99. The third-order valence-corrected chi connectivity index (χ3v) is 7.22. The SMILES string of the molecule is CC(C)c1cccc(N(C)C(=O)[C@H]2CC23CCS(=O)(=O)CC3)c1. The van der Waals surface area contributed by atoms with Gasteiger partial charge in [-0.1, -0.05) is 26.0 Å². The fraction of sp³-hybridized carbons (Fsp3) is 0.611. The Morgan fingerprint density at radius 3 is 2.52 bits per heavy atom. The van der Waals surface area contributed by atoms with E-state index >= 15 is 0 Å². The summed E-state index contributed by atoms with van der Waals surface area (Å²) in [6.45, 7) is 4.28. The molecule has 5 heteroatoms. The van der Waals surface area contributed by atoms with Crippen LogP contribution >= 0.6 is 0 Å². The molecule has 0 N–H and O–H groups in total. The second-order valence-corrected chi connectivity index (χ2v) is 9.72. The van der Waals surface area contributed by atoms with Gasteiger partial charge in [0, 0.05) is 18.7 Å². The molecule has 1 aliphatic carbocycles. The molecule has 4 nitrogen and oxygen atoms in total. The summed E-state index contributed by atoms with van der Waals surface area (Å²) in [6, 6.07) is 8.11. The Bertz CT molecular complexity index is 710. The monoisotopic (exact) mass is 335 g/mol. The highest BCUT2D eigenvalue weighted by molar-refractivity contribution is 7.91. The molecule has 0 bridgehead atoms. The molecule has 2 aliphatic rings. The largest absolute Gasteiger partial charge is 0.315 e. The van der Waals surface area contributed by atoms with Crippen molar-refractivity contribution in [2.75, 3.05) is 23.5 Å². The van der Waals surface area contributed by atoms with Crippen LogP contribution in [0.1, 0.15) is 44.6 Å². The maximum atomic E-state index is 12.8. The summed E-state index contributed by atoms with van der Waals surface area (Å²) >= 11 is 0. The molecule has 126 valence electrons. The van der Waals surface area contributed by atoms with Gasteiger partial charge in [-0.2, -0.15) is 0 Å². The zero-order valence-corrected chi connectivity index (χ0v) is 14.9. The minimum atomic E-state index is -2.88. The smallest absolute Gasteiger partial charge is 0.230 e. The van der Waals surface area contributed by atoms with Gasteiger partial charge in [-0.3, -0.25) is 4.79 Å². The van der Waals surface area contributed by atoms with E-state index in [0.717, 1.165) is 12.1 Å². The maximum absolute atomic E-state index is 12.8. The third kappa shape index (κ3) is 3.16. The Balaban J connectivity index is 1.71. The second kappa shape index (κ2) is 5.62. The summed E-state index contributed by atoms with van der Waals surface area (Å²) < 4.78 is 23.2. The second-order valence-electron chi connectivity index (χ2n) is 7.42. The molecular weight excluding hydrogens is 310 g/mol. The highest BCUT2D eigenvalue weighted by Gasteiger charge is 2.60. The number of anilines is 1. The van der Waals surface area contributed by atoms with Gasteiger partial charge in [0.15, 0.2) is 0 Å². The molecular formula is C18H25NO3S. The molecule has 0 aromatic heterocycles. The average molecular weight is 335 g/mol. The number of amides is 1. The van der Waals surface area contributed by atoms with E-state index in [9.17, 15) is 13.2 Å². The number of nitrogens with zero attached hydrogens (tertiary/aromatic N) is 1. The maximum Gasteiger partial charge on any atom is 0.230 e. The number of sulfone groups is 1. The van der Waals surface area contributed by atoms with Crippen LogP contribution in [0.25, 0.3) is 0 Å². The lowest BCUT2D eigenvalue weighted by molar-refractivity contribution is -0.120. The van der Waals surface area contributed by atoms with E-state index in [4.69, 9.17) is 0 Å². The van der Waals surface area contributed by atoms with Crippen LogP contribution in [0.5, 0.6) is 0 Å². The van der Waals surface area contributed by atoms with Crippen LogP contribution in [0, 0.1) is 11.3 Å². The van der Waals surface area contributed by atoms with Gasteiger partial charge in [0.1, 0.15) is 9.84 Å². The highest BCUT2D eigenvalue weighted by Crippen LogP contribution is 2.60. The Kier molecular flexibility index (Phi) is 4.03. The standard InChI is InChI=1S/C18H25NO3S/c1-13(2)14-5-4-6-15(11-14)19(3)17(20)16-12-18(16)7-9-23(21,22)10-8-18/h4-6,11,13,16H,7-10,12H2,1-3H3/t16-/m1/s1. The quantitative estimate of drug-likeness (QED) is 0.853. The summed E-state index contributed by atoms with van der Waals surface area (Å²) in [5, 5.41) is 0. The Hall–Kier alpha value is -1.36. The van der Waals surface area contributed by atoms with E-state index in [1.807, 2.05) is 19.2 Å². The topological polar surface area (TPSA) is 54.5 Å². The average Bonchev–Trinajstić information content (AvgIpc) is 3.24. The van der Waals surface area contributed by atoms with Gasteiger partial charge in [0.05, 0.1) is 11.5 Å². The van der Waals surface area contributed by atoms with Crippen LogP contribution in [0.2, 0.25) is 0 Å². The molecule has 3 rings (SSSR count). The van der Waals surface area contributed by atoms with Crippen LogP contribution in [-0.4, -0.2) is 32.9 Å². The minimum Gasteiger partial charge on any atom is -0.315 e. The van der Waals surface area contributed by atoms with Gasteiger partial charge in [0.2, 0.25) is 5.91 Å². The van der Waals surface area contributed by atoms with Crippen molar-refractivity contribution < 1.29 is 13.2 Å². The van der Waals surface area contributed by atoms with Crippen molar-refractivity contribution in [2.45, 2.75) is 39.0 Å². The molecule has 1 aromatic rings. The molecule has 1 amide bonds. The van der Waals surface area contributed by atoms with E-state index < -0.39 is 9.84 Å². The Morgan fingerprint density at radius 2 is 1.91 bits per heavy atom. The van der Waals surface area contributed by atoms with Crippen LogP contribution in [-0.2, 0) is 14.6 Å². The number of hydrogen-bond donors (Lipinski definition) is 0. The summed E-state index contributed by atoms with van der Waals surface area (Å²) in [6.07, 6.45) is 2.13. The first kappa shape index (κ1) is 16.5. The fourth-order valence-electron chi connectivity index (χ4n) is 3.65. The first-order valence-electron chi connectivity index (χ1n) is 8.32. The molecule has 1 saturated heterocycles. The van der Waals surface area contributed by atoms with Crippen LogP contribution < -0.4 is 4.90 Å². The molecule has 1 spiro atoms. The number of rotatable bonds is 3. The lowest BCUT2D eigenvalue weighted by atomic mass is 9.95. The van der Waals surface area contributed by atoms with E-state index in [2.05, 4.69) is 26.0 Å². The lowest BCUT2D eigenvalue weighted by Gasteiger charge is -2.25. The summed E-state index contributed by atoms with van der Waals surface area (Å²) in [4.78, 5) is 14.5. The number of hydrogen-bond acceptors (Lipinski definition) is 3. The van der Waals surface area contributed by atoms with Crippen molar-refractivity contribution >= 4 is 21.4 Å². The first-order chi connectivity index (χ1) is 10.7. The zero-order chi connectivity index (χ0) is 16.8. The molecule has 1 aliphatic heterocycles. The van der Waals surface area contributed by atoms with E-state index in [-0.39, 0.29) is 28.7 Å². The molecule has 1 aromatic carbocycles. The molecule has 2 fully saturated rings. The van der Waals surface area contributed by atoms with Crippen LogP contribution in [0.15, 0.2) is 24.3 Å². The van der Waals surface area contributed by atoms with Crippen molar-refractivity contribution in [1.82, 2.24) is 0 Å². The third-order valence-electron chi connectivity index (χ3n) is 5.56. The number of carbonyl (C=O) groups excluding carboxylic acids is 1. The van der Waals surface area contributed by atoms with E-state index in [0.29, 0.717) is 18.8 Å². The van der Waals surface area contributed by atoms with Crippen molar-refractivity contribution in [2.24, 2.45) is 11.3 Å². The minimum absolute atomic E-state index is 0.00861. The van der Waals surface area contributed by atoms with E-state index in [1.165, 1.54) is 5.56 Å². The molecule has 0 unspecified atom stereocenters. The van der Waals surface area contributed by atoms with E-state index in [1.54, 1.807) is 4.90 Å². The summed E-state index contributed by atoms with van der Waals surface area (Å²) in [7, 11) is -1.05. The van der Waals surface area contributed by atoms with Gasteiger partial charge >= 0.3 is 0 Å². The van der Waals surface area contributed by atoms with Gasteiger partial charge in [-0.25, -0.2) is 8.42 Å². The van der Waals surface area contributed by atoms with Crippen LogP contribution in [0.4, 0.5) is 5.69 Å². The molecule has 1 heterocycles. The number of benzene rings is 1. The Morgan fingerprint density at radius 1 is 1.26 bits per heavy atom. The Labute approximate surface area is 138 Å². The first-order valence-corrected chi connectivity index (χ1v) is 10.1. The van der Waals surface area contributed by atoms with Crippen molar-refractivity contribution in [1.29, 1.82) is 0 Å². The van der Waals surface area contributed by atoms with Crippen molar-refractivity contribution in [3.05, 3.63) is 29.8 Å². The normalized spacial score (nSPS) is 24.6. The molecule has 0 radical (unpaired) electrons. The van der Waals surface area contributed by atoms with Crippen molar-refractivity contribution in [3.8, 4) is 0 Å². The fourth-order valence-corrected chi connectivity index (χ4v) is 5.29. The van der Waals surface area contributed by atoms with Gasteiger partial charge in [-0.05, 0) is 48.3 Å². The molecule has 1 saturated carbocycles. The molecule has 23 heavy (non-hydrogen) atoms. The highest BCUT2D eigenvalue weighted by atomic mass is 32.2. The van der Waals surface area contributed by atoms with Gasteiger partial charge in [-0.15, -0.1) is 0 Å². The summed E-state index contributed by atoms with van der Waals surface area (Å²) in [5.41, 5.74) is 2.09. The van der Waals surface area contributed by atoms with Crippen LogP contribution in [0.3, 0.4) is 0 Å². The van der Waals surface area contributed by atoms with Crippen molar-refractivity contribution in [3.63, 3.8) is 0 Å². The van der Waals surface area contributed by atoms with Gasteiger partial charge < -0.3 is 4.90 Å². The lowest BCUT2D eigenvalue weighted by Crippen LogP contribution is -2.33. The predicted molar refractivity (Wildman–Crippen MR) is 92.4 cm³/mol. The van der Waals surface area contributed by atoms with Gasteiger partial charge in [0.25, 0.3) is 0 Å².